The molecule has 0 atom stereocenters. The Kier molecular flexibility index (Phi) is 4.58. The first-order valence-electron chi connectivity index (χ1n) is 6.85. The zero-order chi connectivity index (χ0) is 13.8. The van der Waals surface area contributed by atoms with Gasteiger partial charge in [0, 0.05) is 12.6 Å². The van der Waals surface area contributed by atoms with Gasteiger partial charge in [-0.3, -0.25) is 4.79 Å². The topological polar surface area (TPSA) is 55.6 Å². The van der Waals surface area contributed by atoms with Crippen molar-refractivity contribution < 1.29 is 14.1 Å². The van der Waals surface area contributed by atoms with Crippen LogP contribution in [0.3, 0.4) is 0 Å². The quantitative estimate of drug-likeness (QED) is 0.820. The lowest BCUT2D eigenvalue weighted by Gasteiger charge is -2.18. The Morgan fingerprint density at radius 3 is 2.68 bits per heavy atom. The van der Waals surface area contributed by atoms with E-state index in [9.17, 15) is 4.79 Å². The van der Waals surface area contributed by atoms with Crippen LogP contribution in [0.15, 0.2) is 4.52 Å². The largest absolute Gasteiger partial charge is 0.368 e. The van der Waals surface area contributed by atoms with Crippen molar-refractivity contribution in [2.45, 2.75) is 52.2 Å². The van der Waals surface area contributed by atoms with E-state index in [1.807, 2.05) is 13.8 Å². The van der Waals surface area contributed by atoms with Gasteiger partial charge in [-0.1, -0.05) is 18.0 Å². The third kappa shape index (κ3) is 3.56. The average Bonchev–Trinajstić information content (AvgIpc) is 3.00. The number of hydrogen-bond donors (Lipinski definition) is 0. The molecule has 0 spiro atoms. The molecule has 1 aromatic heterocycles. The number of nitrogens with zero attached hydrogens (tertiary/aromatic N) is 2. The molecule has 1 aliphatic carbocycles. The predicted molar refractivity (Wildman–Crippen MR) is 70.7 cm³/mol. The fourth-order valence-electron chi connectivity index (χ4n) is 2.41. The molecule has 1 fully saturated rings. The van der Waals surface area contributed by atoms with Crippen LogP contribution in [0.5, 0.6) is 0 Å². The van der Waals surface area contributed by atoms with E-state index in [2.05, 4.69) is 5.16 Å². The molecule has 1 aromatic rings. The first-order valence-corrected chi connectivity index (χ1v) is 6.85. The summed E-state index contributed by atoms with van der Waals surface area (Å²) >= 11 is 0. The van der Waals surface area contributed by atoms with Crippen molar-refractivity contribution in [2.24, 2.45) is 0 Å². The van der Waals surface area contributed by atoms with Gasteiger partial charge in [0.15, 0.2) is 0 Å². The average molecular weight is 266 g/mol. The summed E-state index contributed by atoms with van der Waals surface area (Å²) in [6.45, 7) is 4.44. The van der Waals surface area contributed by atoms with Crippen LogP contribution in [0.25, 0.3) is 0 Å². The molecular weight excluding hydrogens is 244 g/mol. The Hall–Kier alpha value is -1.36. The second kappa shape index (κ2) is 6.19. The third-order valence-electron chi connectivity index (χ3n) is 3.75. The zero-order valence-electron chi connectivity index (χ0n) is 11.9. The van der Waals surface area contributed by atoms with Gasteiger partial charge in [0.05, 0.1) is 18.3 Å². The molecule has 2 rings (SSSR count). The second-order valence-corrected chi connectivity index (χ2v) is 5.27. The lowest BCUT2D eigenvalue weighted by Crippen LogP contribution is -2.31. The molecule has 5 nitrogen and oxygen atoms in total. The van der Waals surface area contributed by atoms with Gasteiger partial charge in [0.1, 0.15) is 12.4 Å². The minimum absolute atomic E-state index is 0.00639. The van der Waals surface area contributed by atoms with Crippen LogP contribution in [0.1, 0.15) is 42.7 Å². The summed E-state index contributed by atoms with van der Waals surface area (Å²) in [5.74, 6) is 0.778. The van der Waals surface area contributed by atoms with Crippen LogP contribution in [0, 0.1) is 13.8 Å². The lowest BCUT2D eigenvalue weighted by molar-refractivity contribution is -0.137. The van der Waals surface area contributed by atoms with Gasteiger partial charge >= 0.3 is 0 Å². The molecule has 1 saturated carbocycles. The van der Waals surface area contributed by atoms with Crippen molar-refractivity contribution in [3.8, 4) is 0 Å². The van der Waals surface area contributed by atoms with Crippen LogP contribution in [0.4, 0.5) is 0 Å². The van der Waals surface area contributed by atoms with E-state index in [4.69, 9.17) is 9.26 Å². The summed E-state index contributed by atoms with van der Waals surface area (Å²) < 4.78 is 10.7. The van der Waals surface area contributed by atoms with E-state index in [1.165, 1.54) is 12.8 Å². The molecule has 0 bridgehead atoms. The number of aromatic nitrogens is 1. The van der Waals surface area contributed by atoms with Gasteiger partial charge < -0.3 is 14.2 Å². The summed E-state index contributed by atoms with van der Waals surface area (Å²) in [7, 11) is 1.78. The lowest BCUT2D eigenvalue weighted by atomic mass is 10.2. The minimum atomic E-state index is 0.00639. The zero-order valence-corrected chi connectivity index (χ0v) is 11.9. The smallest absolute Gasteiger partial charge is 0.248 e. The third-order valence-corrected chi connectivity index (χ3v) is 3.75. The molecule has 5 heteroatoms. The molecule has 0 N–H and O–H groups in total. The number of aryl methyl sites for hydroxylation is 2. The Labute approximate surface area is 113 Å². The first-order chi connectivity index (χ1) is 9.08. The number of carbonyl (C=O) groups is 1. The van der Waals surface area contributed by atoms with Crippen molar-refractivity contribution >= 4 is 5.91 Å². The highest BCUT2D eigenvalue weighted by Gasteiger charge is 2.19. The second-order valence-electron chi connectivity index (χ2n) is 5.27. The SMILES string of the molecule is Cc1noc(C)c1CN(C)C(=O)COC1CCCC1. The van der Waals surface area contributed by atoms with E-state index in [0.717, 1.165) is 29.9 Å². The molecule has 0 unspecified atom stereocenters. The summed E-state index contributed by atoms with van der Waals surface area (Å²) in [4.78, 5) is 13.7. The van der Waals surface area contributed by atoms with E-state index in [0.29, 0.717) is 6.54 Å². The van der Waals surface area contributed by atoms with Crippen LogP contribution < -0.4 is 0 Å². The summed E-state index contributed by atoms with van der Waals surface area (Å²) in [5.41, 5.74) is 1.82. The van der Waals surface area contributed by atoms with Crippen molar-refractivity contribution in [3.63, 3.8) is 0 Å². The minimum Gasteiger partial charge on any atom is -0.368 e. The maximum atomic E-state index is 12.0. The Balaban J connectivity index is 1.82. The highest BCUT2D eigenvalue weighted by atomic mass is 16.5. The van der Waals surface area contributed by atoms with Gasteiger partial charge in [-0.05, 0) is 26.7 Å². The number of rotatable bonds is 5. The Bertz CT molecular complexity index is 416. The van der Waals surface area contributed by atoms with Crippen LogP contribution >= 0.6 is 0 Å². The highest BCUT2D eigenvalue weighted by molar-refractivity contribution is 5.77. The van der Waals surface area contributed by atoms with Crippen molar-refractivity contribution in [2.75, 3.05) is 13.7 Å². The Morgan fingerprint density at radius 1 is 1.42 bits per heavy atom. The summed E-state index contributed by atoms with van der Waals surface area (Å²) in [6.07, 6.45) is 4.87. The van der Waals surface area contributed by atoms with Gasteiger partial charge in [-0.25, -0.2) is 0 Å². The van der Waals surface area contributed by atoms with Crippen molar-refractivity contribution in [1.29, 1.82) is 0 Å². The van der Waals surface area contributed by atoms with Crippen LogP contribution in [-0.2, 0) is 16.1 Å². The normalized spacial score (nSPS) is 15.9. The molecule has 19 heavy (non-hydrogen) atoms. The Morgan fingerprint density at radius 2 is 2.11 bits per heavy atom. The number of hydrogen-bond acceptors (Lipinski definition) is 4. The fraction of sp³-hybridized carbons (Fsp3) is 0.714. The standard InChI is InChI=1S/C14H22N2O3/c1-10-13(11(2)19-15-10)8-16(3)14(17)9-18-12-6-4-5-7-12/h12H,4-9H2,1-3H3. The number of ether oxygens (including phenoxy) is 1. The van der Waals surface area contributed by atoms with Crippen LogP contribution in [0.2, 0.25) is 0 Å². The summed E-state index contributed by atoms with van der Waals surface area (Å²) in [5, 5.41) is 3.89. The van der Waals surface area contributed by atoms with Gasteiger partial charge in [0.25, 0.3) is 0 Å². The van der Waals surface area contributed by atoms with E-state index < -0.39 is 0 Å². The monoisotopic (exact) mass is 266 g/mol. The number of carbonyl (C=O) groups excluding carboxylic acids is 1. The van der Waals surface area contributed by atoms with E-state index in [-0.39, 0.29) is 18.6 Å². The fourth-order valence-corrected chi connectivity index (χ4v) is 2.41. The van der Waals surface area contributed by atoms with Gasteiger partial charge in [-0.2, -0.15) is 0 Å². The molecule has 0 aliphatic heterocycles. The molecule has 0 saturated heterocycles. The molecule has 1 amide bonds. The molecule has 0 radical (unpaired) electrons. The maximum Gasteiger partial charge on any atom is 0.248 e. The molecular formula is C14H22N2O3. The van der Waals surface area contributed by atoms with E-state index in [1.54, 1.807) is 11.9 Å². The molecule has 1 heterocycles. The molecule has 0 aromatic carbocycles. The number of likely N-dealkylation sites (N-methyl/N-ethyl adjacent to an activating group) is 1. The predicted octanol–water partition coefficient (Wildman–Crippen LogP) is 2.21. The first kappa shape index (κ1) is 14.1. The van der Waals surface area contributed by atoms with Gasteiger partial charge in [-0.15, -0.1) is 0 Å². The summed E-state index contributed by atoms with van der Waals surface area (Å²) in [6, 6.07) is 0. The maximum absolute atomic E-state index is 12.0. The molecule has 1 aliphatic rings. The highest BCUT2D eigenvalue weighted by Crippen LogP contribution is 2.21. The van der Waals surface area contributed by atoms with Crippen LogP contribution in [-0.4, -0.2) is 35.7 Å². The van der Waals surface area contributed by atoms with Gasteiger partial charge in [0.2, 0.25) is 5.91 Å². The van der Waals surface area contributed by atoms with E-state index >= 15 is 0 Å². The van der Waals surface area contributed by atoms with Crippen molar-refractivity contribution in [1.82, 2.24) is 10.1 Å². The number of amides is 1. The van der Waals surface area contributed by atoms with Crippen molar-refractivity contribution in [3.05, 3.63) is 17.0 Å². The molecule has 106 valence electrons.